The molecule has 0 aliphatic rings. The summed E-state index contributed by atoms with van der Waals surface area (Å²) in [6, 6.07) is 26.6. The SMILES string of the molecule is N=C(N)c1ccc2c(c1)c1ccccc1n2Cc1ccc(OCCCCC(=O)O)c2ccccc12. The van der Waals surface area contributed by atoms with E-state index in [9.17, 15) is 4.79 Å². The molecule has 0 fully saturated rings. The van der Waals surface area contributed by atoms with Gasteiger partial charge in [0, 0.05) is 45.7 Å². The van der Waals surface area contributed by atoms with Crippen molar-refractivity contribution in [3.8, 4) is 5.75 Å². The molecule has 35 heavy (non-hydrogen) atoms. The Kier molecular flexibility index (Phi) is 6.10. The van der Waals surface area contributed by atoms with Crippen LogP contribution < -0.4 is 10.5 Å². The van der Waals surface area contributed by atoms with Crippen LogP contribution in [0.4, 0.5) is 0 Å². The largest absolute Gasteiger partial charge is 0.493 e. The first-order valence-corrected chi connectivity index (χ1v) is 11.7. The zero-order valence-electron chi connectivity index (χ0n) is 19.3. The molecule has 1 aromatic heterocycles. The second kappa shape index (κ2) is 9.50. The van der Waals surface area contributed by atoms with Crippen molar-refractivity contribution < 1.29 is 14.6 Å². The molecule has 6 nitrogen and oxygen atoms in total. The fraction of sp³-hybridized carbons (Fsp3) is 0.172. The maximum absolute atomic E-state index is 10.7. The maximum Gasteiger partial charge on any atom is 0.303 e. The summed E-state index contributed by atoms with van der Waals surface area (Å²) in [5.74, 6) is 0.101. The Morgan fingerprint density at radius 1 is 0.857 bits per heavy atom. The number of nitrogens with zero attached hydrogens (tertiary/aromatic N) is 1. The lowest BCUT2D eigenvalue weighted by molar-refractivity contribution is -0.137. The quantitative estimate of drug-likeness (QED) is 0.143. The van der Waals surface area contributed by atoms with Gasteiger partial charge in [0.25, 0.3) is 0 Å². The van der Waals surface area contributed by atoms with Gasteiger partial charge in [0.15, 0.2) is 0 Å². The zero-order chi connectivity index (χ0) is 24.4. The minimum absolute atomic E-state index is 0.0632. The number of hydrogen-bond donors (Lipinski definition) is 3. The molecule has 0 aliphatic heterocycles. The van der Waals surface area contributed by atoms with Gasteiger partial charge in [-0.15, -0.1) is 0 Å². The Morgan fingerprint density at radius 2 is 1.57 bits per heavy atom. The van der Waals surface area contributed by atoms with Crippen molar-refractivity contribution in [2.24, 2.45) is 5.73 Å². The van der Waals surface area contributed by atoms with E-state index in [1.807, 2.05) is 48.5 Å². The molecule has 0 spiro atoms. The molecule has 0 atom stereocenters. The molecule has 4 N–H and O–H groups in total. The molecule has 0 amide bonds. The Bertz CT molecular complexity index is 1570. The van der Waals surface area contributed by atoms with Crippen molar-refractivity contribution >= 4 is 44.4 Å². The molecule has 5 rings (SSSR count). The van der Waals surface area contributed by atoms with E-state index in [2.05, 4.69) is 34.9 Å². The first kappa shape index (κ1) is 22.5. The third-order valence-corrected chi connectivity index (χ3v) is 6.43. The number of aliphatic carboxylic acids is 1. The Labute approximate surface area is 203 Å². The average molecular weight is 466 g/mol. The van der Waals surface area contributed by atoms with Gasteiger partial charge in [0.1, 0.15) is 11.6 Å². The van der Waals surface area contributed by atoms with Crippen molar-refractivity contribution in [3.05, 3.63) is 90.0 Å². The summed E-state index contributed by atoms with van der Waals surface area (Å²) in [5.41, 5.74) is 9.88. The van der Waals surface area contributed by atoms with Crippen LogP contribution >= 0.6 is 0 Å². The van der Waals surface area contributed by atoms with Crippen molar-refractivity contribution in [1.29, 1.82) is 5.41 Å². The second-order valence-electron chi connectivity index (χ2n) is 8.72. The van der Waals surface area contributed by atoms with E-state index in [0.29, 0.717) is 26.0 Å². The van der Waals surface area contributed by atoms with Crippen LogP contribution in [0.5, 0.6) is 5.75 Å². The van der Waals surface area contributed by atoms with Gasteiger partial charge in [-0.05, 0) is 54.1 Å². The lowest BCUT2D eigenvalue weighted by Crippen LogP contribution is -2.10. The van der Waals surface area contributed by atoms with Crippen LogP contribution in [0, 0.1) is 5.41 Å². The summed E-state index contributed by atoms with van der Waals surface area (Å²) < 4.78 is 8.34. The molecule has 0 saturated heterocycles. The van der Waals surface area contributed by atoms with E-state index < -0.39 is 5.97 Å². The molecule has 0 saturated carbocycles. The highest BCUT2D eigenvalue weighted by Gasteiger charge is 2.14. The number of nitrogens with one attached hydrogen (secondary N) is 1. The highest BCUT2D eigenvalue weighted by Crippen LogP contribution is 2.33. The number of aromatic nitrogens is 1. The fourth-order valence-corrected chi connectivity index (χ4v) is 4.72. The lowest BCUT2D eigenvalue weighted by Gasteiger charge is -2.14. The highest BCUT2D eigenvalue weighted by molar-refractivity contribution is 6.11. The van der Waals surface area contributed by atoms with E-state index in [4.69, 9.17) is 21.0 Å². The van der Waals surface area contributed by atoms with E-state index in [1.54, 1.807) is 0 Å². The number of fused-ring (bicyclic) bond motifs is 4. The number of benzene rings is 4. The standard InChI is InChI=1S/C29H27N3O3/c30-29(31)19-12-14-26-24(17-19)22-8-3-4-10-25(22)32(26)18-20-13-15-27(23-9-2-1-7-21(20)23)35-16-6-5-11-28(33)34/h1-4,7-10,12-15,17H,5-6,11,16,18H2,(H3,30,31)(H,33,34). The summed E-state index contributed by atoms with van der Waals surface area (Å²) in [5, 5.41) is 21.0. The number of carboxylic acid groups (broad SMARTS) is 1. The third kappa shape index (κ3) is 4.43. The molecule has 5 aromatic rings. The Morgan fingerprint density at radius 3 is 2.34 bits per heavy atom. The number of nitrogen functional groups attached to an aromatic ring is 1. The first-order valence-electron chi connectivity index (χ1n) is 11.7. The predicted molar refractivity (Wildman–Crippen MR) is 140 cm³/mol. The zero-order valence-corrected chi connectivity index (χ0v) is 19.3. The van der Waals surface area contributed by atoms with Crippen LogP contribution in [0.25, 0.3) is 32.6 Å². The molecule has 0 unspecified atom stereocenters. The first-order chi connectivity index (χ1) is 17.0. The van der Waals surface area contributed by atoms with Crippen LogP contribution in [0.3, 0.4) is 0 Å². The molecular formula is C29H27N3O3. The highest BCUT2D eigenvalue weighted by atomic mass is 16.5. The minimum atomic E-state index is -0.776. The normalized spacial score (nSPS) is 11.3. The maximum atomic E-state index is 10.7. The summed E-state index contributed by atoms with van der Waals surface area (Å²) in [4.78, 5) is 10.7. The monoisotopic (exact) mass is 465 g/mol. The molecule has 6 heteroatoms. The number of ether oxygens (including phenoxy) is 1. The number of carbonyl (C=O) groups is 1. The van der Waals surface area contributed by atoms with Gasteiger partial charge in [0.05, 0.1) is 6.61 Å². The van der Waals surface area contributed by atoms with Gasteiger partial charge >= 0.3 is 5.97 Å². The molecule has 176 valence electrons. The van der Waals surface area contributed by atoms with Crippen molar-refractivity contribution in [2.45, 2.75) is 25.8 Å². The van der Waals surface area contributed by atoms with Crippen LogP contribution in [0.1, 0.15) is 30.4 Å². The van der Waals surface area contributed by atoms with Crippen LogP contribution in [-0.4, -0.2) is 28.1 Å². The number of para-hydroxylation sites is 1. The molecule has 0 radical (unpaired) electrons. The predicted octanol–water partition coefficient (Wildman–Crippen LogP) is 5.91. The van der Waals surface area contributed by atoms with E-state index in [-0.39, 0.29) is 12.3 Å². The lowest BCUT2D eigenvalue weighted by atomic mass is 10.0. The molecule has 0 bridgehead atoms. The minimum Gasteiger partial charge on any atom is -0.493 e. The van der Waals surface area contributed by atoms with Gasteiger partial charge in [0.2, 0.25) is 0 Å². The topological polar surface area (TPSA) is 101 Å². The molecule has 1 heterocycles. The number of amidine groups is 1. The van der Waals surface area contributed by atoms with E-state index in [1.165, 1.54) is 5.56 Å². The van der Waals surface area contributed by atoms with Crippen molar-refractivity contribution in [2.75, 3.05) is 6.61 Å². The van der Waals surface area contributed by atoms with Gasteiger partial charge < -0.3 is 20.1 Å². The van der Waals surface area contributed by atoms with Crippen LogP contribution in [-0.2, 0) is 11.3 Å². The number of rotatable bonds is 9. The average Bonchev–Trinajstić information content (AvgIpc) is 3.17. The van der Waals surface area contributed by atoms with Crippen molar-refractivity contribution in [1.82, 2.24) is 4.57 Å². The molecular weight excluding hydrogens is 438 g/mol. The molecule has 0 aliphatic carbocycles. The van der Waals surface area contributed by atoms with Gasteiger partial charge in [-0.1, -0.05) is 48.5 Å². The van der Waals surface area contributed by atoms with Gasteiger partial charge in [-0.25, -0.2) is 0 Å². The summed E-state index contributed by atoms with van der Waals surface area (Å²) in [7, 11) is 0. The van der Waals surface area contributed by atoms with E-state index in [0.717, 1.165) is 43.9 Å². The number of hydrogen-bond acceptors (Lipinski definition) is 3. The number of carboxylic acids is 1. The fourth-order valence-electron chi connectivity index (χ4n) is 4.72. The Hall–Kier alpha value is -4.32. The number of unbranched alkanes of at least 4 members (excludes halogenated alkanes) is 1. The third-order valence-electron chi connectivity index (χ3n) is 6.43. The number of nitrogens with two attached hydrogens (primary N) is 1. The van der Waals surface area contributed by atoms with E-state index >= 15 is 0 Å². The second-order valence-corrected chi connectivity index (χ2v) is 8.72. The summed E-state index contributed by atoms with van der Waals surface area (Å²) >= 11 is 0. The van der Waals surface area contributed by atoms with Crippen LogP contribution in [0.15, 0.2) is 78.9 Å². The summed E-state index contributed by atoms with van der Waals surface area (Å²) in [6.45, 7) is 1.17. The smallest absolute Gasteiger partial charge is 0.303 e. The van der Waals surface area contributed by atoms with Crippen molar-refractivity contribution in [3.63, 3.8) is 0 Å². The van der Waals surface area contributed by atoms with Gasteiger partial charge in [-0.3, -0.25) is 10.2 Å². The van der Waals surface area contributed by atoms with Gasteiger partial charge in [-0.2, -0.15) is 0 Å². The van der Waals surface area contributed by atoms with Crippen LogP contribution in [0.2, 0.25) is 0 Å². The Balaban J connectivity index is 1.52. The summed E-state index contributed by atoms with van der Waals surface area (Å²) in [6.07, 6.45) is 1.46. The molecule has 4 aromatic carbocycles.